The molecule has 8 nitrogen and oxygen atoms in total. The molecule has 1 amide bonds. The molecule has 3 rings (SSSR count). The van der Waals surface area contributed by atoms with Gasteiger partial charge in [0.1, 0.15) is 6.54 Å². The van der Waals surface area contributed by atoms with E-state index in [1.807, 2.05) is 13.8 Å². The third-order valence-electron chi connectivity index (χ3n) is 4.16. The summed E-state index contributed by atoms with van der Waals surface area (Å²) in [5.74, 6) is -0.934. The van der Waals surface area contributed by atoms with Gasteiger partial charge in [0.05, 0.1) is 29.4 Å². The standard InChI is InChI=1S/C18H21N3O5/c1-12-7-20(8-13(2)26-12)16(22)10-25-17(23)9-21-11-19-15-6-4-3-5-14(15)18(21)24/h3-6,11-13H,7-10H2,1-2H3/t12-,13-/m0/s1. The quantitative estimate of drug-likeness (QED) is 0.742. The highest BCUT2D eigenvalue weighted by molar-refractivity contribution is 5.81. The lowest BCUT2D eigenvalue weighted by Gasteiger charge is -2.35. The number of para-hydroxylation sites is 1. The van der Waals surface area contributed by atoms with E-state index in [4.69, 9.17) is 9.47 Å². The molecule has 2 aromatic rings. The second-order valence-corrected chi connectivity index (χ2v) is 6.41. The summed E-state index contributed by atoms with van der Waals surface area (Å²) in [5, 5.41) is 0.426. The first-order valence-electron chi connectivity index (χ1n) is 8.47. The van der Waals surface area contributed by atoms with Crippen molar-refractivity contribution in [2.75, 3.05) is 19.7 Å². The Balaban J connectivity index is 1.58. The van der Waals surface area contributed by atoms with Crippen molar-refractivity contribution in [1.29, 1.82) is 0 Å². The predicted molar refractivity (Wildman–Crippen MR) is 93.6 cm³/mol. The zero-order chi connectivity index (χ0) is 18.7. The summed E-state index contributed by atoms with van der Waals surface area (Å²) < 4.78 is 11.8. The van der Waals surface area contributed by atoms with Crippen LogP contribution in [0, 0.1) is 0 Å². The van der Waals surface area contributed by atoms with Crippen molar-refractivity contribution >= 4 is 22.8 Å². The van der Waals surface area contributed by atoms with Gasteiger partial charge in [-0.05, 0) is 26.0 Å². The normalized spacial score (nSPS) is 20.2. The van der Waals surface area contributed by atoms with Crippen LogP contribution >= 0.6 is 0 Å². The Morgan fingerprint density at radius 2 is 1.92 bits per heavy atom. The highest BCUT2D eigenvalue weighted by atomic mass is 16.5. The molecule has 0 unspecified atom stereocenters. The second-order valence-electron chi connectivity index (χ2n) is 6.41. The van der Waals surface area contributed by atoms with Crippen LogP contribution in [0.1, 0.15) is 13.8 Å². The lowest BCUT2D eigenvalue weighted by Crippen LogP contribution is -2.49. The maximum absolute atomic E-state index is 12.3. The zero-order valence-electron chi connectivity index (χ0n) is 14.8. The van der Waals surface area contributed by atoms with Crippen LogP contribution in [-0.4, -0.2) is 58.2 Å². The van der Waals surface area contributed by atoms with Crippen molar-refractivity contribution < 1.29 is 19.1 Å². The maximum atomic E-state index is 12.3. The van der Waals surface area contributed by atoms with E-state index in [0.717, 1.165) is 0 Å². The van der Waals surface area contributed by atoms with E-state index in [9.17, 15) is 14.4 Å². The van der Waals surface area contributed by atoms with Gasteiger partial charge >= 0.3 is 5.97 Å². The Hall–Kier alpha value is -2.74. The van der Waals surface area contributed by atoms with Gasteiger partial charge in [-0.15, -0.1) is 0 Å². The molecule has 0 spiro atoms. The lowest BCUT2D eigenvalue weighted by molar-refractivity contribution is -0.157. The van der Waals surface area contributed by atoms with Crippen molar-refractivity contribution in [3.63, 3.8) is 0 Å². The number of hydrogen-bond donors (Lipinski definition) is 0. The number of rotatable bonds is 4. The Morgan fingerprint density at radius 3 is 2.65 bits per heavy atom. The molecule has 1 aliphatic heterocycles. The number of carbonyl (C=O) groups excluding carboxylic acids is 2. The summed E-state index contributed by atoms with van der Waals surface area (Å²) in [6.07, 6.45) is 1.19. The minimum Gasteiger partial charge on any atom is -0.454 e. The third kappa shape index (κ3) is 4.08. The Kier molecular flexibility index (Phi) is 5.32. The number of carbonyl (C=O) groups is 2. The van der Waals surface area contributed by atoms with Gasteiger partial charge in [0, 0.05) is 13.1 Å². The average Bonchev–Trinajstić information content (AvgIpc) is 2.61. The Morgan fingerprint density at radius 1 is 1.23 bits per heavy atom. The first-order valence-corrected chi connectivity index (χ1v) is 8.47. The molecule has 0 radical (unpaired) electrons. The molecule has 26 heavy (non-hydrogen) atoms. The number of esters is 1. The van der Waals surface area contributed by atoms with Crippen molar-refractivity contribution in [3.05, 3.63) is 40.9 Å². The van der Waals surface area contributed by atoms with E-state index >= 15 is 0 Å². The minimum atomic E-state index is -0.660. The fraction of sp³-hybridized carbons (Fsp3) is 0.444. The van der Waals surface area contributed by atoms with E-state index in [-0.39, 0.29) is 36.8 Å². The van der Waals surface area contributed by atoms with Gasteiger partial charge < -0.3 is 14.4 Å². The number of ether oxygens (including phenoxy) is 2. The number of morpholine rings is 1. The van der Waals surface area contributed by atoms with Crippen molar-refractivity contribution in [1.82, 2.24) is 14.5 Å². The van der Waals surface area contributed by atoms with Gasteiger partial charge in [-0.3, -0.25) is 19.0 Å². The molecule has 1 aromatic carbocycles. The van der Waals surface area contributed by atoms with E-state index < -0.39 is 5.97 Å². The van der Waals surface area contributed by atoms with E-state index in [2.05, 4.69) is 4.98 Å². The molecule has 1 saturated heterocycles. The topological polar surface area (TPSA) is 90.7 Å². The third-order valence-corrected chi connectivity index (χ3v) is 4.16. The van der Waals surface area contributed by atoms with Gasteiger partial charge in [-0.1, -0.05) is 12.1 Å². The summed E-state index contributed by atoms with van der Waals surface area (Å²) in [6, 6.07) is 6.89. The van der Waals surface area contributed by atoms with E-state index in [1.165, 1.54) is 10.9 Å². The van der Waals surface area contributed by atoms with E-state index in [0.29, 0.717) is 24.0 Å². The van der Waals surface area contributed by atoms with Crippen LogP contribution in [0.5, 0.6) is 0 Å². The SMILES string of the molecule is C[C@H]1CN(C(=O)COC(=O)Cn2cnc3ccccc3c2=O)C[C@H](C)O1. The monoisotopic (exact) mass is 359 g/mol. The molecule has 138 valence electrons. The molecular formula is C18H21N3O5. The fourth-order valence-electron chi connectivity index (χ4n) is 3.02. The van der Waals surface area contributed by atoms with Gasteiger partial charge in [0.2, 0.25) is 0 Å². The van der Waals surface area contributed by atoms with Crippen LogP contribution in [0.25, 0.3) is 10.9 Å². The van der Waals surface area contributed by atoms with Crippen LogP contribution in [0.15, 0.2) is 35.4 Å². The van der Waals surface area contributed by atoms with Crippen LogP contribution in [0.3, 0.4) is 0 Å². The summed E-state index contributed by atoms with van der Waals surface area (Å²) in [5.41, 5.74) is 0.238. The van der Waals surface area contributed by atoms with Crippen LogP contribution < -0.4 is 5.56 Å². The maximum Gasteiger partial charge on any atom is 0.326 e. The summed E-state index contributed by atoms with van der Waals surface area (Å²) in [6.45, 7) is 4.07. The van der Waals surface area contributed by atoms with Gasteiger partial charge in [0.25, 0.3) is 11.5 Å². The first kappa shape index (κ1) is 18.1. The van der Waals surface area contributed by atoms with Gasteiger partial charge in [0.15, 0.2) is 6.61 Å². The Bertz CT molecular complexity index is 869. The van der Waals surface area contributed by atoms with Crippen molar-refractivity contribution in [3.8, 4) is 0 Å². The lowest BCUT2D eigenvalue weighted by atomic mass is 10.2. The number of benzene rings is 1. The number of fused-ring (bicyclic) bond motifs is 1. The predicted octanol–water partition coefficient (Wildman–Crippen LogP) is 0.575. The number of nitrogens with zero attached hydrogens (tertiary/aromatic N) is 3. The fourth-order valence-corrected chi connectivity index (χ4v) is 3.02. The molecule has 1 aromatic heterocycles. The smallest absolute Gasteiger partial charge is 0.326 e. The molecule has 0 N–H and O–H groups in total. The molecular weight excluding hydrogens is 338 g/mol. The van der Waals surface area contributed by atoms with Crippen LogP contribution in [0.2, 0.25) is 0 Å². The number of aromatic nitrogens is 2. The zero-order valence-corrected chi connectivity index (χ0v) is 14.8. The van der Waals surface area contributed by atoms with Crippen molar-refractivity contribution in [2.45, 2.75) is 32.6 Å². The summed E-state index contributed by atoms with van der Waals surface area (Å²) >= 11 is 0. The molecule has 1 fully saturated rings. The molecule has 8 heteroatoms. The minimum absolute atomic E-state index is 0.0550. The first-order chi connectivity index (χ1) is 12.4. The molecule has 2 heterocycles. The molecule has 0 bridgehead atoms. The van der Waals surface area contributed by atoms with Crippen LogP contribution in [0.4, 0.5) is 0 Å². The number of amides is 1. The van der Waals surface area contributed by atoms with Gasteiger partial charge in [-0.25, -0.2) is 4.98 Å². The molecule has 0 saturated carbocycles. The Labute approximate surface area is 150 Å². The average molecular weight is 359 g/mol. The highest BCUT2D eigenvalue weighted by Gasteiger charge is 2.26. The largest absolute Gasteiger partial charge is 0.454 e. The summed E-state index contributed by atoms with van der Waals surface area (Å²) in [7, 11) is 0. The number of hydrogen-bond acceptors (Lipinski definition) is 6. The molecule has 2 atom stereocenters. The second kappa shape index (κ2) is 7.65. The van der Waals surface area contributed by atoms with Crippen LogP contribution in [-0.2, 0) is 25.6 Å². The molecule has 1 aliphatic rings. The van der Waals surface area contributed by atoms with Crippen molar-refractivity contribution in [2.24, 2.45) is 0 Å². The molecule has 0 aliphatic carbocycles. The highest BCUT2D eigenvalue weighted by Crippen LogP contribution is 2.11. The van der Waals surface area contributed by atoms with Gasteiger partial charge in [-0.2, -0.15) is 0 Å². The summed E-state index contributed by atoms with van der Waals surface area (Å²) in [4.78, 5) is 42.3. The van der Waals surface area contributed by atoms with E-state index in [1.54, 1.807) is 29.2 Å².